The van der Waals surface area contributed by atoms with E-state index >= 15 is 0 Å². The summed E-state index contributed by atoms with van der Waals surface area (Å²) in [4.78, 5) is 30.6. The minimum Gasteiger partial charge on any atom is -0.351 e. The second-order valence-corrected chi connectivity index (χ2v) is 7.17. The lowest BCUT2D eigenvalue weighted by molar-refractivity contribution is 0.0946. The summed E-state index contributed by atoms with van der Waals surface area (Å²) in [6.45, 7) is 3.76. The normalized spacial score (nSPS) is 14.3. The largest absolute Gasteiger partial charge is 0.351 e. The maximum Gasteiger partial charge on any atom is 0.270 e. The summed E-state index contributed by atoms with van der Waals surface area (Å²) in [6, 6.07) is 2.55. The lowest BCUT2D eigenvalue weighted by Crippen LogP contribution is -2.28. The van der Waals surface area contributed by atoms with Gasteiger partial charge >= 0.3 is 0 Å². The first-order valence-corrected chi connectivity index (χ1v) is 9.63. The van der Waals surface area contributed by atoms with Gasteiger partial charge in [0.1, 0.15) is 17.3 Å². The molecule has 0 saturated carbocycles. The second-order valence-electron chi connectivity index (χ2n) is 6.31. The number of halogens is 2. The van der Waals surface area contributed by atoms with E-state index in [1.807, 2.05) is 0 Å². The lowest BCUT2D eigenvalue weighted by atomic mass is 10.2. The number of benzene rings is 1. The molecule has 0 spiro atoms. The molecule has 1 aliphatic rings. The van der Waals surface area contributed by atoms with Gasteiger partial charge in [-0.3, -0.25) is 14.9 Å². The predicted octanol–water partition coefficient (Wildman–Crippen LogP) is 2.89. The minimum atomic E-state index is -0.840. The Morgan fingerprint density at radius 2 is 1.81 bits per heavy atom. The van der Waals surface area contributed by atoms with Crippen molar-refractivity contribution in [3.05, 3.63) is 46.5 Å². The summed E-state index contributed by atoms with van der Waals surface area (Å²) in [5.41, 5.74) is 0.0394. The summed E-state index contributed by atoms with van der Waals surface area (Å²) in [5, 5.41) is 6.96. The molecule has 1 fully saturated rings. The number of amides is 2. The molecule has 2 aromatic rings. The van der Waals surface area contributed by atoms with Crippen LogP contribution in [0.25, 0.3) is 0 Å². The number of rotatable bonds is 7. The van der Waals surface area contributed by atoms with Crippen LogP contribution in [-0.2, 0) is 0 Å². The van der Waals surface area contributed by atoms with Crippen LogP contribution >= 0.6 is 11.3 Å². The van der Waals surface area contributed by atoms with Crippen LogP contribution in [0, 0.1) is 11.6 Å². The molecule has 0 atom stereocenters. The van der Waals surface area contributed by atoms with Crippen molar-refractivity contribution in [3.8, 4) is 0 Å². The van der Waals surface area contributed by atoms with Gasteiger partial charge in [0, 0.05) is 23.6 Å². The molecule has 2 N–H and O–H groups in total. The van der Waals surface area contributed by atoms with Crippen molar-refractivity contribution in [1.82, 2.24) is 15.2 Å². The Hall–Kier alpha value is -2.39. The SMILES string of the molecule is O=C(Nc1nc(C(=O)NCCCN2CCCC2)cs1)c1cc(F)cc(F)c1. The molecule has 144 valence electrons. The first-order valence-electron chi connectivity index (χ1n) is 8.75. The predicted molar refractivity (Wildman–Crippen MR) is 99.0 cm³/mol. The summed E-state index contributed by atoms with van der Waals surface area (Å²) in [7, 11) is 0. The Bertz CT molecular complexity index is 801. The average molecular weight is 394 g/mol. The van der Waals surface area contributed by atoms with Crippen LogP contribution in [0.1, 0.15) is 40.1 Å². The van der Waals surface area contributed by atoms with E-state index in [1.165, 1.54) is 18.2 Å². The van der Waals surface area contributed by atoms with Crippen molar-refractivity contribution in [3.63, 3.8) is 0 Å². The number of anilines is 1. The third-order valence-electron chi connectivity index (χ3n) is 4.22. The first kappa shape index (κ1) is 19.4. The molecular weight excluding hydrogens is 374 g/mol. The third-order valence-corrected chi connectivity index (χ3v) is 4.98. The number of carbonyl (C=O) groups is 2. The molecule has 1 aromatic carbocycles. The van der Waals surface area contributed by atoms with E-state index in [2.05, 4.69) is 20.5 Å². The number of nitrogens with one attached hydrogen (secondary N) is 2. The van der Waals surface area contributed by atoms with E-state index in [4.69, 9.17) is 0 Å². The number of hydrogen-bond acceptors (Lipinski definition) is 5. The molecule has 9 heteroatoms. The Morgan fingerprint density at radius 1 is 1.11 bits per heavy atom. The highest BCUT2D eigenvalue weighted by Gasteiger charge is 2.15. The standard InChI is InChI=1S/C18H20F2N4O2S/c19-13-8-12(9-14(20)10-13)16(25)23-18-22-15(11-27-18)17(26)21-4-3-7-24-5-1-2-6-24/h8-11H,1-7H2,(H,21,26)(H,22,23,25). The van der Waals surface area contributed by atoms with Crippen LogP contribution in [0.15, 0.2) is 23.6 Å². The molecule has 0 bridgehead atoms. The lowest BCUT2D eigenvalue weighted by Gasteiger charge is -2.13. The van der Waals surface area contributed by atoms with Crippen LogP contribution in [0.3, 0.4) is 0 Å². The van der Waals surface area contributed by atoms with Crippen LogP contribution in [-0.4, -0.2) is 47.9 Å². The zero-order valence-corrected chi connectivity index (χ0v) is 15.5. The molecule has 0 aliphatic carbocycles. The van der Waals surface area contributed by atoms with Gasteiger partial charge in [0.15, 0.2) is 5.13 Å². The number of thiazole rings is 1. The van der Waals surface area contributed by atoms with E-state index in [0.717, 1.165) is 49.5 Å². The molecule has 1 aromatic heterocycles. The van der Waals surface area contributed by atoms with E-state index in [9.17, 15) is 18.4 Å². The molecule has 1 saturated heterocycles. The molecule has 27 heavy (non-hydrogen) atoms. The van der Waals surface area contributed by atoms with Gasteiger partial charge in [0.25, 0.3) is 11.8 Å². The number of carbonyl (C=O) groups excluding carboxylic acids is 2. The Morgan fingerprint density at radius 3 is 2.52 bits per heavy atom. The van der Waals surface area contributed by atoms with Crippen LogP contribution in [0.4, 0.5) is 13.9 Å². The van der Waals surface area contributed by atoms with Crippen molar-refractivity contribution in [2.45, 2.75) is 19.3 Å². The smallest absolute Gasteiger partial charge is 0.270 e. The van der Waals surface area contributed by atoms with Crippen LogP contribution in [0.2, 0.25) is 0 Å². The molecule has 3 rings (SSSR count). The van der Waals surface area contributed by atoms with Gasteiger partial charge in [0.05, 0.1) is 0 Å². The van der Waals surface area contributed by atoms with E-state index in [1.54, 1.807) is 0 Å². The highest BCUT2D eigenvalue weighted by Crippen LogP contribution is 2.17. The fourth-order valence-corrected chi connectivity index (χ4v) is 3.58. The van der Waals surface area contributed by atoms with Crippen molar-refractivity contribution in [1.29, 1.82) is 0 Å². The quantitative estimate of drug-likeness (QED) is 0.709. The van der Waals surface area contributed by atoms with E-state index in [0.29, 0.717) is 12.6 Å². The zero-order chi connectivity index (χ0) is 19.2. The second kappa shape index (κ2) is 9.01. The molecule has 2 amide bonds. The third kappa shape index (κ3) is 5.54. The number of aromatic nitrogens is 1. The average Bonchev–Trinajstić information content (AvgIpc) is 3.29. The first-order chi connectivity index (χ1) is 13.0. The van der Waals surface area contributed by atoms with Crippen molar-refractivity contribution >= 4 is 28.3 Å². The Labute approximate surface area is 159 Å². The fraction of sp³-hybridized carbons (Fsp3) is 0.389. The maximum absolute atomic E-state index is 13.2. The Kier molecular flexibility index (Phi) is 6.46. The van der Waals surface area contributed by atoms with Gasteiger partial charge in [-0.15, -0.1) is 11.3 Å². The van der Waals surface area contributed by atoms with Gasteiger partial charge in [-0.2, -0.15) is 0 Å². The van der Waals surface area contributed by atoms with Gasteiger partial charge < -0.3 is 10.2 Å². The molecule has 1 aliphatic heterocycles. The van der Waals surface area contributed by atoms with Crippen LogP contribution < -0.4 is 10.6 Å². The molecule has 0 unspecified atom stereocenters. The summed E-state index contributed by atoms with van der Waals surface area (Å²) in [6.07, 6.45) is 3.34. The van der Waals surface area contributed by atoms with Gasteiger partial charge in [-0.25, -0.2) is 13.8 Å². The zero-order valence-electron chi connectivity index (χ0n) is 14.6. The van der Waals surface area contributed by atoms with Gasteiger partial charge in [0.2, 0.25) is 0 Å². The molecular formula is C18H20F2N4O2S. The monoisotopic (exact) mass is 394 g/mol. The molecule has 6 nitrogen and oxygen atoms in total. The summed E-state index contributed by atoms with van der Waals surface area (Å²) < 4.78 is 26.4. The summed E-state index contributed by atoms with van der Waals surface area (Å²) >= 11 is 1.07. The fourth-order valence-electron chi connectivity index (χ4n) is 2.89. The minimum absolute atomic E-state index is 0.157. The van der Waals surface area contributed by atoms with Crippen molar-refractivity contribution in [2.75, 3.05) is 31.5 Å². The van der Waals surface area contributed by atoms with E-state index in [-0.39, 0.29) is 22.3 Å². The van der Waals surface area contributed by atoms with E-state index < -0.39 is 17.5 Å². The Balaban J connectivity index is 1.48. The van der Waals surface area contributed by atoms with Gasteiger partial charge in [-0.05, 0) is 51.0 Å². The van der Waals surface area contributed by atoms with Crippen LogP contribution in [0.5, 0.6) is 0 Å². The number of hydrogen-bond donors (Lipinski definition) is 2. The van der Waals surface area contributed by atoms with Crippen molar-refractivity contribution in [2.24, 2.45) is 0 Å². The highest BCUT2D eigenvalue weighted by atomic mass is 32.1. The van der Waals surface area contributed by atoms with Gasteiger partial charge in [-0.1, -0.05) is 0 Å². The van der Waals surface area contributed by atoms with Crippen molar-refractivity contribution < 1.29 is 18.4 Å². The summed E-state index contributed by atoms with van der Waals surface area (Å²) in [5.74, 6) is -2.69. The number of nitrogens with zero attached hydrogens (tertiary/aromatic N) is 2. The maximum atomic E-state index is 13.2. The highest BCUT2D eigenvalue weighted by molar-refractivity contribution is 7.14. The molecule has 0 radical (unpaired) electrons. The molecule has 2 heterocycles. The topological polar surface area (TPSA) is 74.3 Å². The number of likely N-dealkylation sites (tertiary alicyclic amines) is 1.